The van der Waals surface area contributed by atoms with E-state index in [9.17, 15) is 19.5 Å². The van der Waals surface area contributed by atoms with Crippen LogP contribution in [0, 0.1) is 0 Å². The van der Waals surface area contributed by atoms with Crippen LogP contribution in [0.3, 0.4) is 0 Å². The van der Waals surface area contributed by atoms with E-state index in [4.69, 9.17) is 14.0 Å². The number of benzene rings is 2. The molecule has 3 amide bonds. The normalized spacial score (nSPS) is 15.7. The molecule has 0 spiro atoms. The van der Waals surface area contributed by atoms with Gasteiger partial charge in [-0.15, -0.1) is 0 Å². The van der Waals surface area contributed by atoms with Gasteiger partial charge >= 0.3 is 12.2 Å². The monoisotopic (exact) mass is 495 g/mol. The molecule has 1 aliphatic heterocycles. The second kappa shape index (κ2) is 8.94. The van der Waals surface area contributed by atoms with Gasteiger partial charge in [0.15, 0.2) is 17.6 Å². The van der Waals surface area contributed by atoms with Crippen molar-refractivity contribution in [3.63, 3.8) is 0 Å². The number of aromatic nitrogens is 1. The number of aliphatic hydroxyl groups excluding tert-OH is 1. The molecule has 10 nitrogen and oxygen atoms in total. The number of anilines is 1. The Balaban J connectivity index is 1.70. The van der Waals surface area contributed by atoms with E-state index in [1.165, 1.54) is 4.90 Å². The lowest BCUT2D eigenvalue weighted by atomic mass is 10.1. The number of hydrogen-bond donors (Lipinski definition) is 1. The minimum atomic E-state index is -1.09. The smallest absolute Gasteiger partial charge is 0.425 e. The predicted octanol–water partition coefficient (Wildman–Crippen LogP) is 5.15. The zero-order chi connectivity index (χ0) is 26.4. The van der Waals surface area contributed by atoms with E-state index < -0.39 is 29.6 Å². The molecule has 3 aromatic rings. The molecule has 2 heterocycles. The van der Waals surface area contributed by atoms with Crippen LogP contribution in [0.4, 0.5) is 15.4 Å². The third-order valence-corrected chi connectivity index (χ3v) is 5.26. The number of hydrogen-bond acceptors (Lipinski definition) is 8. The topological polar surface area (TPSA) is 122 Å². The Morgan fingerprint density at radius 3 is 2.22 bits per heavy atom. The minimum absolute atomic E-state index is 0.0775. The number of imide groups is 1. The summed E-state index contributed by atoms with van der Waals surface area (Å²) in [5, 5.41) is 15.0. The summed E-state index contributed by atoms with van der Waals surface area (Å²) in [6.45, 7) is 10.1. The Morgan fingerprint density at radius 2 is 1.64 bits per heavy atom. The zero-order valence-electron chi connectivity index (χ0n) is 21.1. The SMILES string of the molecule is CC(C)(C)OC(=O)N(C(=O)OC(C)(C)C)c1noc2ccc(CN3C(=O)c4ccccc4C3O)cc12. The van der Waals surface area contributed by atoms with E-state index in [0.29, 0.717) is 32.6 Å². The molecule has 0 fully saturated rings. The zero-order valence-corrected chi connectivity index (χ0v) is 21.1. The molecule has 4 rings (SSSR count). The largest absolute Gasteiger partial charge is 0.443 e. The van der Waals surface area contributed by atoms with Gasteiger partial charge in [-0.2, -0.15) is 4.90 Å². The first-order valence-corrected chi connectivity index (χ1v) is 11.5. The van der Waals surface area contributed by atoms with E-state index >= 15 is 0 Å². The Morgan fingerprint density at radius 1 is 1.03 bits per heavy atom. The molecule has 1 unspecified atom stereocenters. The third-order valence-electron chi connectivity index (χ3n) is 5.26. The van der Waals surface area contributed by atoms with Crippen molar-refractivity contribution in [3.05, 3.63) is 59.2 Å². The summed E-state index contributed by atoms with van der Waals surface area (Å²) in [5.74, 6) is -0.403. The van der Waals surface area contributed by atoms with Crippen LogP contribution in [-0.4, -0.2) is 44.5 Å². The summed E-state index contributed by atoms with van der Waals surface area (Å²) in [7, 11) is 0. The highest BCUT2D eigenvalue weighted by Crippen LogP contribution is 2.34. The average Bonchev–Trinajstić information content (AvgIpc) is 3.26. The Labute approximate surface area is 208 Å². The molecule has 1 aromatic heterocycles. The maximum atomic E-state index is 13.0. The number of aliphatic hydroxyl groups is 1. The van der Waals surface area contributed by atoms with Crippen molar-refractivity contribution in [1.29, 1.82) is 0 Å². The van der Waals surface area contributed by atoms with Crippen molar-refractivity contribution in [3.8, 4) is 0 Å². The van der Waals surface area contributed by atoms with Crippen LogP contribution in [0.2, 0.25) is 0 Å². The summed E-state index contributed by atoms with van der Waals surface area (Å²) in [5.41, 5.74) is 0.142. The highest BCUT2D eigenvalue weighted by Gasteiger charge is 2.37. The molecule has 10 heteroatoms. The van der Waals surface area contributed by atoms with E-state index in [-0.39, 0.29) is 18.3 Å². The van der Waals surface area contributed by atoms with Crippen molar-refractivity contribution in [2.45, 2.75) is 65.5 Å². The van der Waals surface area contributed by atoms with Crippen molar-refractivity contribution in [2.75, 3.05) is 4.90 Å². The van der Waals surface area contributed by atoms with Crippen molar-refractivity contribution in [1.82, 2.24) is 10.1 Å². The lowest BCUT2D eigenvalue weighted by Gasteiger charge is -2.27. The summed E-state index contributed by atoms with van der Waals surface area (Å²) in [4.78, 5) is 41.0. The fourth-order valence-corrected chi connectivity index (χ4v) is 3.80. The van der Waals surface area contributed by atoms with E-state index in [1.54, 1.807) is 84.0 Å². The second-order valence-corrected chi connectivity index (χ2v) is 10.5. The molecule has 0 saturated heterocycles. The molecule has 0 radical (unpaired) electrons. The maximum Gasteiger partial charge on any atom is 0.425 e. The van der Waals surface area contributed by atoms with Crippen LogP contribution in [0.5, 0.6) is 0 Å². The van der Waals surface area contributed by atoms with Crippen LogP contribution < -0.4 is 4.90 Å². The summed E-state index contributed by atoms with van der Waals surface area (Å²) in [6.07, 6.45) is -3.04. The fraction of sp³-hybridized carbons (Fsp3) is 0.385. The number of fused-ring (bicyclic) bond motifs is 2. The van der Waals surface area contributed by atoms with Crippen LogP contribution in [0.15, 0.2) is 47.0 Å². The number of nitrogens with zero attached hydrogens (tertiary/aromatic N) is 3. The number of carbonyl (C=O) groups is 3. The molecule has 0 saturated carbocycles. The minimum Gasteiger partial charge on any atom is -0.443 e. The van der Waals surface area contributed by atoms with Gasteiger partial charge in [0, 0.05) is 17.7 Å². The number of amides is 3. The van der Waals surface area contributed by atoms with Gasteiger partial charge in [0.2, 0.25) is 0 Å². The first-order valence-electron chi connectivity index (χ1n) is 11.5. The van der Waals surface area contributed by atoms with Gasteiger partial charge in [-0.3, -0.25) is 4.79 Å². The highest BCUT2D eigenvalue weighted by molar-refractivity contribution is 6.13. The molecule has 1 aliphatic rings. The lowest BCUT2D eigenvalue weighted by molar-refractivity contribution is 0.0137. The van der Waals surface area contributed by atoms with Gasteiger partial charge in [0.25, 0.3) is 5.91 Å². The highest BCUT2D eigenvalue weighted by atomic mass is 16.6. The first-order chi connectivity index (χ1) is 16.7. The van der Waals surface area contributed by atoms with Crippen LogP contribution >= 0.6 is 0 Å². The summed E-state index contributed by atoms with van der Waals surface area (Å²) < 4.78 is 16.2. The van der Waals surface area contributed by atoms with Crippen LogP contribution in [-0.2, 0) is 16.0 Å². The molecule has 0 aliphatic carbocycles. The Kier molecular flexibility index (Phi) is 6.25. The van der Waals surface area contributed by atoms with Gasteiger partial charge < -0.3 is 24.0 Å². The van der Waals surface area contributed by atoms with E-state index in [2.05, 4.69) is 5.16 Å². The molecule has 36 heavy (non-hydrogen) atoms. The molecular weight excluding hydrogens is 466 g/mol. The average molecular weight is 496 g/mol. The molecule has 1 atom stereocenters. The van der Waals surface area contributed by atoms with Gasteiger partial charge in [-0.05, 0) is 65.3 Å². The van der Waals surface area contributed by atoms with Crippen molar-refractivity contribution >= 4 is 34.9 Å². The number of rotatable bonds is 3. The molecule has 1 N–H and O–H groups in total. The first kappa shape index (κ1) is 25.2. The summed E-state index contributed by atoms with van der Waals surface area (Å²) >= 11 is 0. The maximum absolute atomic E-state index is 13.0. The van der Waals surface area contributed by atoms with Gasteiger partial charge in [0.1, 0.15) is 11.2 Å². The van der Waals surface area contributed by atoms with Crippen LogP contribution in [0.25, 0.3) is 11.0 Å². The quantitative estimate of drug-likeness (QED) is 0.529. The molecular formula is C26H29N3O7. The number of ether oxygens (including phenoxy) is 2. The second-order valence-electron chi connectivity index (χ2n) is 10.5. The van der Waals surface area contributed by atoms with E-state index in [1.807, 2.05) is 0 Å². The van der Waals surface area contributed by atoms with Crippen molar-refractivity contribution < 1.29 is 33.5 Å². The molecule has 0 bridgehead atoms. The van der Waals surface area contributed by atoms with Gasteiger partial charge in [0.05, 0.1) is 5.39 Å². The standard InChI is InChI=1S/C26H29N3O7/c1-25(2,3)34-23(32)29(24(33)35-26(4,5)6)20-18-13-15(11-12-19(18)36-27-20)14-28-21(30)16-9-7-8-10-17(16)22(28)31/h7-13,21,30H,14H2,1-6H3. The lowest BCUT2D eigenvalue weighted by Crippen LogP contribution is -2.44. The molecule has 2 aromatic carbocycles. The Hall–Kier alpha value is -3.92. The van der Waals surface area contributed by atoms with Gasteiger partial charge in [-0.1, -0.05) is 29.4 Å². The Bertz CT molecular complexity index is 1310. The summed E-state index contributed by atoms with van der Waals surface area (Å²) in [6, 6.07) is 11.8. The van der Waals surface area contributed by atoms with Crippen molar-refractivity contribution in [2.24, 2.45) is 0 Å². The number of carbonyl (C=O) groups excluding carboxylic acids is 3. The van der Waals surface area contributed by atoms with E-state index in [0.717, 1.165) is 0 Å². The molecule has 190 valence electrons. The van der Waals surface area contributed by atoms with Gasteiger partial charge in [-0.25, -0.2) is 9.59 Å². The van der Waals surface area contributed by atoms with Crippen LogP contribution in [0.1, 0.15) is 69.3 Å². The third kappa shape index (κ3) is 5.03. The fourth-order valence-electron chi connectivity index (χ4n) is 3.80. The predicted molar refractivity (Wildman–Crippen MR) is 130 cm³/mol.